The van der Waals surface area contributed by atoms with Crippen LogP contribution >= 0.6 is 0 Å². The molecule has 7 heteroatoms. The molecule has 0 aliphatic carbocycles. The summed E-state index contributed by atoms with van der Waals surface area (Å²) < 4.78 is 18.0. The molecule has 0 fully saturated rings. The normalized spacial score (nSPS) is 11.9. The molecule has 0 aromatic heterocycles. The Balaban J connectivity index is 2.84. The average molecular weight is 242 g/mol. The Morgan fingerprint density at radius 3 is 2.71 bits per heavy atom. The van der Waals surface area contributed by atoms with E-state index in [1.165, 1.54) is 20.1 Å². The molecule has 1 atom stereocenters. The third-order valence-corrected chi connectivity index (χ3v) is 2.13. The number of anilines is 1. The van der Waals surface area contributed by atoms with Crippen molar-refractivity contribution in [3.05, 3.63) is 34.1 Å². The Morgan fingerprint density at radius 2 is 2.24 bits per heavy atom. The second-order valence-electron chi connectivity index (χ2n) is 3.29. The summed E-state index contributed by atoms with van der Waals surface area (Å²) >= 11 is 0. The second kappa shape index (κ2) is 5.35. The molecule has 0 saturated carbocycles. The Bertz CT molecular complexity index is 450. The number of ether oxygens (including phenoxy) is 1. The molecule has 1 N–H and O–H groups in total. The highest BCUT2D eigenvalue weighted by Gasteiger charge is 2.16. The summed E-state index contributed by atoms with van der Waals surface area (Å²) in [7, 11) is 1.36. The minimum absolute atomic E-state index is 0.141. The van der Waals surface area contributed by atoms with Gasteiger partial charge in [0.2, 0.25) is 5.82 Å². The van der Waals surface area contributed by atoms with Gasteiger partial charge in [-0.15, -0.1) is 0 Å². The highest BCUT2D eigenvalue weighted by Crippen LogP contribution is 2.20. The largest absolute Gasteiger partial charge is 0.372 e. The quantitative estimate of drug-likeness (QED) is 0.643. The van der Waals surface area contributed by atoms with E-state index >= 15 is 0 Å². The van der Waals surface area contributed by atoms with E-state index in [9.17, 15) is 19.3 Å². The molecule has 0 aliphatic rings. The maximum absolute atomic E-state index is 13.2. The lowest BCUT2D eigenvalue weighted by Gasteiger charge is -2.10. The average Bonchev–Trinajstić information content (AvgIpc) is 2.27. The molecule has 1 unspecified atom stereocenters. The Morgan fingerprint density at radius 1 is 1.59 bits per heavy atom. The molecule has 92 valence electrons. The Labute approximate surface area is 96.5 Å². The summed E-state index contributed by atoms with van der Waals surface area (Å²) in [6.45, 7) is 1.52. The molecule has 0 saturated heterocycles. The first-order chi connectivity index (χ1) is 7.95. The van der Waals surface area contributed by atoms with Crippen molar-refractivity contribution in [1.29, 1.82) is 0 Å². The van der Waals surface area contributed by atoms with Crippen LogP contribution in [-0.2, 0) is 9.53 Å². The third kappa shape index (κ3) is 3.22. The number of nitro groups is 1. The molecule has 0 spiro atoms. The standard InChI is InChI=1S/C10H11FN2O4/c1-6(17-2)10(14)12-7-3-4-9(13(15)16)8(11)5-7/h3-6H,1-2H3,(H,12,14). The summed E-state index contributed by atoms with van der Waals surface area (Å²) in [5, 5.41) is 12.7. The van der Waals surface area contributed by atoms with Crippen LogP contribution in [0.15, 0.2) is 18.2 Å². The number of rotatable bonds is 4. The van der Waals surface area contributed by atoms with Crippen LogP contribution in [0.2, 0.25) is 0 Å². The van der Waals surface area contributed by atoms with Crippen molar-refractivity contribution in [1.82, 2.24) is 0 Å². The van der Waals surface area contributed by atoms with Crippen LogP contribution in [-0.4, -0.2) is 24.0 Å². The van der Waals surface area contributed by atoms with E-state index in [1.54, 1.807) is 0 Å². The molecule has 1 amide bonds. The summed E-state index contributed by atoms with van der Waals surface area (Å²) in [5.41, 5.74) is -0.496. The zero-order valence-electron chi connectivity index (χ0n) is 9.27. The van der Waals surface area contributed by atoms with Crippen LogP contribution in [0.4, 0.5) is 15.8 Å². The first-order valence-electron chi connectivity index (χ1n) is 4.73. The molecule has 0 aliphatic heterocycles. The number of hydrogen-bond acceptors (Lipinski definition) is 4. The monoisotopic (exact) mass is 242 g/mol. The van der Waals surface area contributed by atoms with Gasteiger partial charge < -0.3 is 10.1 Å². The fraction of sp³-hybridized carbons (Fsp3) is 0.300. The number of amides is 1. The summed E-state index contributed by atoms with van der Waals surface area (Å²) in [5.74, 6) is -1.46. The van der Waals surface area contributed by atoms with E-state index in [0.717, 1.165) is 12.1 Å². The lowest BCUT2D eigenvalue weighted by Crippen LogP contribution is -2.26. The van der Waals surface area contributed by atoms with E-state index < -0.39 is 28.4 Å². The highest BCUT2D eigenvalue weighted by molar-refractivity contribution is 5.93. The first kappa shape index (κ1) is 13.0. The summed E-state index contributed by atoms with van der Waals surface area (Å²) in [6.07, 6.45) is -0.687. The second-order valence-corrected chi connectivity index (χ2v) is 3.29. The molecular weight excluding hydrogens is 231 g/mol. The molecule has 17 heavy (non-hydrogen) atoms. The number of carbonyl (C=O) groups is 1. The smallest absolute Gasteiger partial charge is 0.304 e. The van der Waals surface area contributed by atoms with Crippen molar-refractivity contribution in [3.8, 4) is 0 Å². The lowest BCUT2D eigenvalue weighted by atomic mass is 10.2. The fourth-order valence-electron chi connectivity index (χ4n) is 1.08. The third-order valence-electron chi connectivity index (χ3n) is 2.13. The van der Waals surface area contributed by atoms with E-state index in [1.807, 2.05) is 0 Å². The minimum atomic E-state index is -1.00. The van der Waals surface area contributed by atoms with E-state index in [2.05, 4.69) is 5.32 Å². The van der Waals surface area contributed by atoms with Gasteiger partial charge in [-0.05, 0) is 13.0 Å². The number of nitro benzene ring substituents is 1. The van der Waals surface area contributed by atoms with Crippen molar-refractivity contribution in [2.24, 2.45) is 0 Å². The zero-order chi connectivity index (χ0) is 13.0. The Hall–Kier alpha value is -2.02. The minimum Gasteiger partial charge on any atom is -0.372 e. The SMILES string of the molecule is COC(C)C(=O)Nc1ccc([N+](=O)[O-])c(F)c1. The predicted molar refractivity (Wildman–Crippen MR) is 58.2 cm³/mol. The van der Waals surface area contributed by atoms with Crippen LogP contribution in [0, 0.1) is 15.9 Å². The molecule has 6 nitrogen and oxygen atoms in total. The van der Waals surface area contributed by atoms with Gasteiger partial charge in [0, 0.05) is 24.9 Å². The maximum atomic E-state index is 13.2. The van der Waals surface area contributed by atoms with Crippen molar-refractivity contribution < 1.29 is 18.8 Å². The maximum Gasteiger partial charge on any atom is 0.304 e. The van der Waals surface area contributed by atoms with E-state index in [0.29, 0.717) is 0 Å². The predicted octanol–water partition coefficient (Wildman–Crippen LogP) is 1.71. The first-order valence-corrected chi connectivity index (χ1v) is 4.73. The molecule has 0 heterocycles. The number of nitrogens with zero attached hydrogens (tertiary/aromatic N) is 1. The number of halogens is 1. The van der Waals surface area contributed by atoms with Gasteiger partial charge in [0.25, 0.3) is 5.91 Å². The van der Waals surface area contributed by atoms with Gasteiger partial charge in [-0.3, -0.25) is 14.9 Å². The fourth-order valence-corrected chi connectivity index (χ4v) is 1.08. The number of nitrogens with one attached hydrogen (secondary N) is 1. The molecule has 1 rings (SSSR count). The van der Waals surface area contributed by atoms with Crippen LogP contribution < -0.4 is 5.32 Å². The van der Waals surface area contributed by atoms with Crippen LogP contribution in [0.25, 0.3) is 0 Å². The highest BCUT2D eigenvalue weighted by atomic mass is 19.1. The van der Waals surface area contributed by atoms with Crippen molar-refractivity contribution in [2.45, 2.75) is 13.0 Å². The molecule has 0 radical (unpaired) electrons. The Kier molecular flexibility index (Phi) is 4.11. The van der Waals surface area contributed by atoms with Gasteiger partial charge in [-0.1, -0.05) is 0 Å². The number of hydrogen-bond donors (Lipinski definition) is 1. The van der Waals surface area contributed by atoms with Crippen molar-refractivity contribution >= 4 is 17.3 Å². The molecule has 0 bridgehead atoms. The molecule has 1 aromatic carbocycles. The van der Waals surface area contributed by atoms with Gasteiger partial charge in [-0.2, -0.15) is 4.39 Å². The molecule has 1 aromatic rings. The van der Waals surface area contributed by atoms with Crippen molar-refractivity contribution in [2.75, 3.05) is 12.4 Å². The van der Waals surface area contributed by atoms with Gasteiger partial charge in [-0.25, -0.2) is 0 Å². The summed E-state index contributed by atoms with van der Waals surface area (Å²) in [4.78, 5) is 20.9. The number of benzene rings is 1. The van der Waals surface area contributed by atoms with Crippen LogP contribution in [0.5, 0.6) is 0 Å². The van der Waals surface area contributed by atoms with Crippen molar-refractivity contribution in [3.63, 3.8) is 0 Å². The zero-order valence-corrected chi connectivity index (χ0v) is 9.27. The van der Waals surface area contributed by atoms with Gasteiger partial charge in [0.1, 0.15) is 6.10 Å². The topological polar surface area (TPSA) is 81.5 Å². The van der Waals surface area contributed by atoms with Gasteiger partial charge in [0.05, 0.1) is 4.92 Å². The molecular formula is C10H11FN2O4. The van der Waals surface area contributed by atoms with Gasteiger partial charge in [0.15, 0.2) is 0 Å². The lowest BCUT2D eigenvalue weighted by molar-refractivity contribution is -0.387. The van der Waals surface area contributed by atoms with Crippen LogP contribution in [0.1, 0.15) is 6.92 Å². The van der Waals surface area contributed by atoms with E-state index in [4.69, 9.17) is 4.74 Å². The van der Waals surface area contributed by atoms with Gasteiger partial charge >= 0.3 is 5.69 Å². The van der Waals surface area contributed by atoms with E-state index in [-0.39, 0.29) is 5.69 Å². The van der Waals surface area contributed by atoms with Crippen LogP contribution in [0.3, 0.4) is 0 Å². The number of methoxy groups -OCH3 is 1. The summed E-state index contributed by atoms with van der Waals surface area (Å²) in [6, 6.07) is 3.13. The number of carbonyl (C=O) groups excluding carboxylic acids is 1.